The van der Waals surface area contributed by atoms with Crippen molar-refractivity contribution >= 4 is 21.8 Å². The van der Waals surface area contributed by atoms with Gasteiger partial charge in [-0.05, 0) is 148 Å². The van der Waals surface area contributed by atoms with Crippen LogP contribution in [-0.4, -0.2) is 44.9 Å². The molecule has 0 fully saturated rings. The number of nitrogens with zero attached hydrogens (tertiary/aromatic N) is 9. The monoisotopic (exact) mass is 2070 g/mol. The molecule has 11 nitrogen and oxygen atoms in total. The molecule has 4 radical (unpaired) electrons. The number of fused-ring (bicyclic) bond motifs is 3. The van der Waals surface area contributed by atoms with Gasteiger partial charge in [-0.1, -0.05) is 142 Å². The van der Waals surface area contributed by atoms with Crippen LogP contribution in [0.5, 0.6) is 0 Å². The Morgan fingerprint density at radius 2 is 0.709 bits per heavy atom. The minimum absolute atomic E-state index is 0. The minimum atomic E-state index is -4.39. The van der Waals surface area contributed by atoms with E-state index in [1.54, 1.807) is 24.5 Å². The minimum Gasteiger partial charge on any atom is -0.418 e. The first-order valence-electron chi connectivity index (χ1n) is 31.9. The summed E-state index contributed by atoms with van der Waals surface area (Å²) in [7, 11) is 0. The summed E-state index contributed by atoms with van der Waals surface area (Å²) in [4.78, 5) is 17.5. The van der Waals surface area contributed by atoms with Crippen LogP contribution in [0.3, 0.4) is 0 Å². The molecule has 18 heteroatoms. The fourth-order valence-corrected chi connectivity index (χ4v) is 11.2. The first kappa shape index (κ1) is 77.2. The Morgan fingerprint density at radius 1 is 0.350 bits per heavy atom. The predicted molar refractivity (Wildman–Crippen MR) is 384 cm³/mol. The van der Waals surface area contributed by atoms with Crippen molar-refractivity contribution in [3.63, 3.8) is 0 Å². The summed E-state index contributed by atoms with van der Waals surface area (Å²) < 4.78 is 51.9. The average Bonchev–Trinajstić information content (AvgIpc) is 1.60. The Balaban J connectivity index is 0.000000158. The fourth-order valence-electron chi connectivity index (χ4n) is 11.2. The SMILES string of the molecule is CC(C)(C)c1ccc(-c2nnc(-c3cc[c-]c(-c4ccccn4)c3)o2)cc1.Cc1ccc(C)c(-c2cc[c-]c(-c3ccccn3)c2)c1.FC(F)(F)c1ccc(-c2nnc(-c3cc[c-]c(-c4ccccn4)c3)o2)cc1.[Ir].[Ir].[Ir].[Ir].[c-]1ccc(-n2c3ccccc3c3ccccc32)cc1-c1ccccn1. The number of aromatic nitrogens is 9. The van der Waals surface area contributed by atoms with Crippen LogP contribution in [0.25, 0.3) is 129 Å². The van der Waals surface area contributed by atoms with E-state index in [9.17, 15) is 13.2 Å². The van der Waals surface area contributed by atoms with Gasteiger partial charge >= 0.3 is 6.18 Å². The maximum absolute atomic E-state index is 12.7. The van der Waals surface area contributed by atoms with Crippen LogP contribution in [0.1, 0.15) is 43.0 Å². The number of benzene rings is 9. The number of aryl methyl sites for hydroxylation is 2. The zero-order valence-corrected chi connectivity index (χ0v) is 65.5. The Morgan fingerprint density at radius 3 is 1.11 bits per heavy atom. The van der Waals surface area contributed by atoms with E-state index in [0.717, 1.165) is 74.0 Å². The van der Waals surface area contributed by atoms with Gasteiger partial charge in [0.1, 0.15) is 0 Å². The second kappa shape index (κ2) is 35.3. The molecule has 103 heavy (non-hydrogen) atoms. The zero-order chi connectivity index (χ0) is 68.3. The van der Waals surface area contributed by atoms with Gasteiger partial charge in [-0.2, -0.15) is 13.2 Å². The molecule has 7 heterocycles. The molecule has 0 aliphatic rings. The van der Waals surface area contributed by atoms with Gasteiger partial charge in [-0.25, -0.2) is 0 Å². The number of hydrogen-bond acceptors (Lipinski definition) is 10. The fraction of sp³-hybridized carbons (Fsp3) is 0.0824. The molecule has 520 valence electrons. The van der Waals surface area contributed by atoms with Crippen LogP contribution in [-0.2, 0) is 92.0 Å². The Kier molecular flexibility index (Phi) is 26.5. The summed E-state index contributed by atoms with van der Waals surface area (Å²) in [5.74, 6) is 1.40. The van der Waals surface area contributed by atoms with Crippen molar-refractivity contribution in [3.05, 3.63) is 332 Å². The van der Waals surface area contributed by atoms with Crippen LogP contribution in [0, 0.1) is 38.1 Å². The summed E-state index contributed by atoms with van der Waals surface area (Å²) >= 11 is 0. The number of rotatable bonds is 10. The molecule has 0 unspecified atom stereocenters. The van der Waals surface area contributed by atoms with Crippen LogP contribution in [0.4, 0.5) is 13.2 Å². The predicted octanol–water partition coefficient (Wildman–Crippen LogP) is 21.3. The number of pyridine rings is 4. The molecular weight excluding hydrogens is 2000 g/mol. The number of halogens is 3. The third-order valence-electron chi connectivity index (χ3n) is 16.3. The summed E-state index contributed by atoms with van der Waals surface area (Å²) in [5, 5.41) is 18.9. The number of para-hydroxylation sites is 2. The van der Waals surface area contributed by atoms with Gasteiger partial charge in [0.25, 0.3) is 0 Å². The molecule has 0 spiro atoms. The van der Waals surface area contributed by atoms with Crippen molar-refractivity contribution in [2.24, 2.45) is 0 Å². The normalized spacial score (nSPS) is 10.8. The molecule has 16 aromatic rings. The summed E-state index contributed by atoms with van der Waals surface area (Å²) in [6.45, 7) is 10.8. The van der Waals surface area contributed by atoms with Gasteiger partial charge in [0.15, 0.2) is 0 Å². The van der Waals surface area contributed by atoms with E-state index in [4.69, 9.17) is 8.83 Å². The van der Waals surface area contributed by atoms with Gasteiger partial charge in [-0.3, -0.25) is 0 Å². The molecule has 0 aliphatic carbocycles. The smallest absolute Gasteiger partial charge is 0.416 e. The molecule has 0 N–H and O–H groups in total. The van der Waals surface area contributed by atoms with Crippen LogP contribution >= 0.6 is 0 Å². The standard InChI is InChI=1S/C23H20N3O.C23H15N2.C20H11F3N3O.C19H16N.4Ir/c1-23(2,3)19-12-10-16(11-13-19)21-25-26-22(27-21)18-8-6-7-17(15-18)20-9-4-5-14-24-20;1-3-13-22-19(10-1)20-11-2-4-14-23(20)25(22)18-9-7-8-17(16-18)21-12-5-6-15-24-21;21-20(22,23)16-9-7-13(8-10-16)18-25-26-19(27-18)15-5-3-4-14(12-15)17-6-1-2-11-24-17;1-14-9-10-15(2)18(12-14)16-6-5-7-17(13-16)19-8-3-4-11-20-19;;;;/h4-6,8-15H,1-3H3;1-7,9-16H;1-3,5-12H;3-6,8-13H,1-2H3;;;;/q4*-1;;;;. The van der Waals surface area contributed by atoms with Gasteiger partial charge in [0.05, 0.1) is 16.6 Å². The largest absolute Gasteiger partial charge is 0.418 e. The molecule has 0 saturated carbocycles. The molecule has 9 aromatic carbocycles. The second-order valence-electron chi connectivity index (χ2n) is 24.2. The molecule has 0 saturated heterocycles. The Hall–Kier alpha value is -9.95. The van der Waals surface area contributed by atoms with E-state index in [-0.39, 0.29) is 97.6 Å². The van der Waals surface area contributed by atoms with Crippen molar-refractivity contribution in [2.75, 3.05) is 0 Å². The summed E-state index contributed by atoms with van der Waals surface area (Å²) in [6, 6.07) is 96.0. The third-order valence-corrected chi connectivity index (χ3v) is 16.3. The maximum atomic E-state index is 12.7. The van der Waals surface area contributed by atoms with Crippen molar-refractivity contribution in [1.82, 2.24) is 44.9 Å². The molecule has 16 rings (SSSR count). The topological polar surface area (TPSA) is 134 Å². The van der Waals surface area contributed by atoms with E-state index in [1.807, 2.05) is 134 Å². The summed E-state index contributed by atoms with van der Waals surface area (Å²) in [5.41, 5.74) is 19.3. The van der Waals surface area contributed by atoms with E-state index >= 15 is 0 Å². The van der Waals surface area contributed by atoms with Gasteiger partial charge in [-0.15, -0.1) is 145 Å². The zero-order valence-electron chi connectivity index (χ0n) is 55.9. The van der Waals surface area contributed by atoms with Gasteiger partial charge < -0.3 is 33.3 Å². The van der Waals surface area contributed by atoms with E-state index in [1.165, 1.54) is 61.8 Å². The second-order valence-corrected chi connectivity index (χ2v) is 24.2. The molecule has 0 aliphatic heterocycles. The average molecular weight is 2070 g/mol. The quantitative estimate of drug-likeness (QED) is 0.122. The van der Waals surface area contributed by atoms with Crippen LogP contribution < -0.4 is 0 Å². The van der Waals surface area contributed by atoms with Crippen molar-refractivity contribution < 1.29 is 102 Å². The maximum Gasteiger partial charge on any atom is 0.416 e. The first-order chi connectivity index (χ1) is 48.2. The number of alkyl halides is 3. The molecular formula is C85H62F3Ir4N9O2-4. The first-order valence-corrected chi connectivity index (χ1v) is 31.9. The van der Waals surface area contributed by atoms with Crippen LogP contribution in [0.15, 0.2) is 294 Å². The number of hydrogen-bond donors (Lipinski definition) is 0. The van der Waals surface area contributed by atoms with E-state index < -0.39 is 11.7 Å². The van der Waals surface area contributed by atoms with Crippen molar-refractivity contribution in [3.8, 4) is 108 Å². The van der Waals surface area contributed by atoms with E-state index in [0.29, 0.717) is 22.9 Å². The molecule has 0 bridgehead atoms. The third kappa shape index (κ3) is 18.8. The Bertz CT molecular complexity index is 5160. The van der Waals surface area contributed by atoms with E-state index in [2.05, 4.69) is 207 Å². The molecule has 7 aromatic heterocycles. The van der Waals surface area contributed by atoms with Gasteiger partial charge in [0.2, 0.25) is 23.6 Å². The van der Waals surface area contributed by atoms with Gasteiger partial charge in [0, 0.05) is 127 Å². The molecule has 0 amide bonds. The van der Waals surface area contributed by atoms with Crippen LogP contribution in [0.2, 0.25) is 0 Å². The van der Waals surface area contributed by atoms with Crippen molar-refractivity contribution in [2.45, 2.75) is 46.2 Å². The molecule has 0 atom stereocenters. The van der Waals surface area contributed by atoms with Crippen molar-refractivity contribution in [1.29, 1.82) is 0 Å². The Labute approximate surface area is 649 Å². The summed E-state index contributed by atoms with van der Waals surface area (Å²) in [6.07, 6.45) is 2.69.